The highest BCUT2D eigenvalue weighted by molar-refractivity contribution is 5.91. The van der Waals surface area contributed by atoms with E-state index in [4.69, 9.17) is 4.42 Å². The van der Waals surface area contributed by atoms with E-state index >= 15 is 0 Å². The van der Waals surface area contributed by atoms with E-state index in [0.717, 1.165) is 56.5 Å². The first-order valence-electron chi connectivity index (χ1n) is 10.7. The van der Waals surface area contributed by atoms with E-state index in [1.807, 2.05) is 13.0 Å². The van der Waals surface area contributed by atoms with Gasteiger partial charge in [0.25, 0.3) is 0 Å². The lowest BCUT2D eigenvalue weighted by molar-refractivity contribution is -0.115. The molecule has 0 aromatic carbocycles. The van der Waals surface area contributed by atoms with Crippen molar-refractivity contribution in [2.24, 2.45) is 0 Å². The molecule has 0 aliphatic heterocycles. The van der Waals surface area contributed by atoms with Gasteiger partial charge in [0.05, 0.1) is 12.1 Å². The molecule has 160 valence electrons. The Bertz CT molecular complexity index is 958. The summed E-state index contributed by atoms with van der Waals surface area (Å²) in [6, 6.07) is 1.89. The minimum Gasteiger partial charge on any atom is -0.465 e. The largest absolute Gasteiger partial charge is 0.465 e. The molecule has 0 unspecified atom stereocenters. The molecular formula is C21H27N5O4. The number of anilines is 1. The lowest BCUT2D eigenvalue weighted by Crippen LogP contribution is -2.45. The van der Waals surface area contributed by atoms with Crippen molar-refractivity contribution in [2.75, 3.05) is 5.32 Å². The summed E-state index contributed by atoms with van der Waals surface area (Å²) in [6.45, 7) is 2.03. The SMILES string of the molecule is CC1(N(C(=O)O)[C@@H]2CC[C@H](c3cc(NC(=O)Cc4coc(C5CC5)n4)n[nH]3)C2)CC1. The molecular weight excluding hydrogens is 386 g/mol. The molecule has 5 rings (SSSR count). The molecule has 2 heterocycles. The molecule has 0 bridgehead atoms. The summed E-state index contributed by atoms with van der Waals surface area (Å²) in [5.41, 5.74) is 1.38. The van der Waals surface area contributed by atoms with Gasteiger partial charge in [-0.3, -0.25) is 14.8 Å². The zero-order chi connectivity index (χ0) is 20.9. The van der Waals surface area contributed by atoms with E-state index in [2.05, 4.69) is 20.5 Å². The molecule has 2 amide bonds. The molecule has 3 fully saturated rings. The summed E-state index contributed by atoms with van der Waals surface area (Å²) < 4.78 is 5.43. The molecule has 3 N–H and O–H groups in total. The van der Waals surface area contributed by atoms with Crippen LogP contribution in [-0.2, 0) is 11.2 Å². The van der Waals surface area contributed by atoms with Crippen LogP contribution in [0, 0.1) is 0 Å². The molecule has 30 heavy (non-hydrogen) atoms. The summed E-state index contributed by atoms with van der Waals surface area (Å²) in [7, 11) is 0. The van der Waals surface area contributed by atoms with Crippen LogP contribution in [0.4, 0.5) is 10.6 Å². The predicted octanol–water partition coefficient (Wildman–Crippen LogP) is 3.62. The number of hydrogen-bond acceptors (Lipinski definition) is 5. The third-order valence-electron chi connectivity index (χ3n) is 6.67. The topological polar surface area (TPSA) is 124 Å². The number of hydrogen-bond donors (Lipinski definition) is 3. The molecule has 2 aromatic rings. The van der Waals surface area contributed by atoms with Crippen molar-refractivity contribution in [2.45, 2.75) is 81.7 Å². The molecule has 0 spiro atoms. The van der Waals surface area contributed by atoms with E-state index in [9.17, 15) is 14.7 Å². The maximum atomic E-state index is 12.3. The molecule has 3 aliphatic carbocycles. The van der Waals surface area contributed by atoms with Crippen LogP contribution in [0.15, 0.2) is 16.7 Å². The number of carbonyl (C=O) groups excluding carboxylic acids is 1. The Kier molecular flexibility index (Phi) is 4.56. The lowest BCUT2D eigenvalue weighted by atomic mass is 10.0. The van der Waals surface area contributed by atoms with Gasteiger partial charge in [-0.25, -0.2) is 9.78 Å². The Labute approximate surface area is 174 Å². The van der Waals surface area contributed by atoms with Crippen LogP contribution in [0.1, 0.15) is 81.0 Å². The zero-order valence-electron chi connectivity index (χ0n) is 17.1. The number of nitrogens with one attached hydrogen (secondary N) is 2. The zero-order valence-corrected chi connectivity index (χ0v) is 17.1. The van der Waals surface area contributed by atoms with Crippen LogP contribution < -0.4 is 5.32 Å². The molecule has 2 aromatic heterocycles. The average Bonchev–Trinajstić information content (AvgIpc) is 3.47. The van der Waals surface area contributed by atoms with E-state index < -0.39 is 6.09 Å². The Morgan fingerprint density at radius 3 is 2.77 bits per heavy atom. The van der Waals surface area contributed by atoms with Gasteiger partial charge in [0.2, 0.25) is 5.91 Å². The second-order valence-corrected chi connectivity index (χ2v) is 9.20. The van der Waals surface area contributed by atoms with E-state index in [-0.39, 0.29) is 29.8 Å². The van der Waals surface area contributed by atoms with Gasteiger partial charge >= 0.3 is 6.09 Å². The van der Waals surface area contributed by atoms with Crippen LogP contribution in [-0.4, -0.2) is 48.8 Å². The minimum atomic E-state index is -0.823. The second-order valence-electron chi connectivity index (χ2n) is 9.20. The number of aromatic amines is 1. The van der Waals surface area contributed by atoms with Crippen LogP contribution in [0.25, 0.3) is 0 Å². The Morgan fingerprint density at radius 1 is 1.30 bits per heavy atom. The number of carbonyl (C=O) groups is 2. The van der Waals surface area contributed by atoms with Crippen molar-refractivity contribution in [3.63, 3.8) is 0 Å². The molecule has 0 radical (unpaired) electrons. The first kappa shape index (κ1) is 19.1. The van der Waals surface area contributed by atoms with Crippen molar-refractivity contribution < 1.29 is 19.1 Å². The number of rotatable bonds is 7. The van der Waals surface area contributed by atoms with E-state index in [0.29, 0.717) is 17.4 Å². The normalized spacial score (nSPS) is 24.6. The van der Waals surface area contributed by atoms with E-state index in [1.165, 1.54) is 0 Å². The van der Waals surface area contributed by atoms with Gasteiger partial charge in [0.15, 0.2) is 11.7 Å². The van der Waals surface area contributed by atoms with Gasteiger partial charge in [-0.05, 0) is 51.9 Å². The highest BCUT2D eigenvalue weighted by Crippen LogP contribution is 2.47. The van der Waals surface area contributed by atoms with Crippen molar-refractivity contribution in [1.29, 1.82) is 0 Å². The summed E-state index contributed by atoms with van der Waals surface area (Å²) in [5.74, 6) is 1.66. The minimum absolute atomic E-state index is 0.0363. The second kappa shape index (κ2) is 7.14. The van der Waals surface area contributed by atoms with Gasteiger partial charge < -0.3 is 14.8 Å². The molecule has 0 saturated heterocycles. The van der Waals surface area contributed by atoms with Crippen LogP contribution in [0.2, 0.25) is 0 Å². The highest BCUT2D eigenvalue weighted by atomic mass is 16.4. The number of carboxylic acid groups (broad SMARTS) is 1. The summed E-state index contributed by atoms with van der Waals surface area (Å²) in [4.78, 5) is 30.1. The standard InChI is InChI=1S/C21H27N5O4/c1-21(6-7-21)26(20(28)29)15-5-4-13(8-15)16-10-17(25-24-16)23-18(27)9-14-11-30-19(22-14)12-2-3-12/h10-13,15H,2-9H2,1H3,(H,28,29)(H2,23,24,25,27)/t13-,15+/m0/s1. The van der Waals surface area contributed by atoms with Crippen molar-refractivity contribution in [3.8, 4) is 0 Å². The average molecular weight is 413 g/mol. The van der Waals surface area contributed by atoms with Crippen LogP contribution in [0.5, 0.6) is 0 Å². The quantitative estimate of drug-likeness (QED) is 0.637. The number of H-pyrrole nitrogens is 1. The van der Waals surface area contributed by atoms with Gasteiger partial charge in [-0.15, -0.1) is 0 Å². The third-order valence-corrected chi connectivity index (χ3v) is 6.67. The molecule has 3 saturated carbocycles. The van der Waals surface area contributed by atoms with Crippen molar-refractivity contribution >= 4 is 17.8 Å². The molecule has 3 aliphatic rings. The fourth-order valence-corrected chi connectivity index (χ4v) is 4.61. The van der Waals surface area contributed by atoms with Gasteiger partial charge in [0.1, 0.15) is 6.26 Å². The Balaban J connectivity index is 1.17. The number of nitrogens with zero attached hydrogens (tertiary/aromatic N) is 3. The van der Waals surface area contributed by atoms with Gasteiger partial charge in [-0.1, -0.05) is 0 Å². The van der Waals surface area contributed by atoms with Crippen LogP contribution >= 0.6 is 0 Å². The van der Waals surface area contributed by atoms with Gasteiger partial charge in [-0.2, -0.15) is 5.10 Å². The third kappa shape index (κ3) is 3.80. The Morgan fingerprint density at radius 2 is 2.07 bits per heavy atom. The number of aromatic nitrogens is 3. The molecule has 9 nitrogen and oxygen atoms in total. The first-order chi connectivity index (χ1) is 14.4. The predicted molar refractivity (Wildman–Crippen MR) is 107 cm³/mol. The summed E-state index contributed by atoms with van der Waals surface area (Å²) >= 11 is 0. The number of oxazole rings is 1. The fraction of sp³-hybridized carbons (Fsp3) is 0.619. The monoisotopic (exact) mass is 413 g/mol. The molecule has 2 atom stereocenters. The smallest absolute Gasteiger partial charge is 0.408 e. The van der Waals surface area contributed by atoms with Gasteiger partial charge in [0, 0.05) is 35.2 Å². The van der Waals surface area contributed by atoms with Crippen molar-refractivity contribution in [3.05, 3.63) is 29.6 Å². The Hall–Kier alpha value is -2.84. The molecule has 9 heteroatoms. The van der Waals surface area contributed by atoms with Crippen molar-refractivity contribution in [1.82, 2.24) is 20.1 Å². The lowest BCUT2D eigenvalue weighted by Gasteiger charge is -2.32. The summed E-state index contributed by atoms with van der Waals surface area (Å²) in [6.07, 6.45) is 7.50. The van der Waals surface area contributed by atoms with E-state index in [1.54, 1.807) is 11.2 Å². The summed E-state index contributed by atoms with van der Waals surface area (Å²) in [5, 5.41) is 19.7. The first-order valence-corrected chi connectivity index (χ1v) is 10.7. The fourth-order valence-electron chi connectivity index (χ4n) is 4.61. The maximum absolute atomic E-state index is 12.3. The highest BCUT2D eigenvalue weighted by Gasteiger charge is 2.50. The number of amides is 2. The van der Waals surface area contributed by atoms with Crippen LogP contribution in [0.3, 0.4) is 0 Å². The maximum Gasteiger partial charge on any atom is 0.408 e.